The number of carbonyl (C=O) groups excluding carboxylic acids is 3. The number of hydrogen-bond donors (Lipinski definition) is 1. The summed E-state index contributed by atoms with van der Waals surface area (Å²) in [6.07, 6.45) is 1.11. The Labute approximate surface area is 161 Å². The lowest BCUT2D eigenvalue weighted by Gasteiger charge is -2.13. The van der Waals surface area contributed by atoms with E-state index in [1.807, 2.05) is 0 Å². The van der Waals surface area contributed by atoms with Crippen LogP contribution in [0.5, 0.6) is 0 Å². The Balaban J connectivity index is 2.36. The maximum absolute atomic E-state index is 12.4. The van der Waals surface area contributed by atoms with Gasteiger partial charge in [-0.2, -0.15) is 0 Å². The number of anilines is 1. The first-order valence-electron chi connectivity index (χ1n) is 8.09. The molecule has 0 bridgehead atoms. The van der Waals surface area contributed by atoms with E-state index in [1.54, 1.807) is 55.5 Å². The van der Waals surface area contributed by atoms with Crippen LogP contribution in [0.25, 0.3) is 0 Å². The summed E-state index contributed by atoms with van der Waals surface area (Å²) in [7, 11) is 1.20. The van der Waals surface area contributed by atoms with Gasteiger partial charge in [0.05, 0.1) is 25.0 Å². The highest BCUT2D eigenvalue weighted by molar-refractivity contribution is 6.30. The Morgan fingerprint density at radius 3 is 2.37 bits per heavy atom. The summed E-state index contributed by atoms with van der Waals surface area (Å²) in [4.78, 5) is 36.6. The van der Waals surface area contributed by atoms with E-state index < -0.39 is 17.7 Å². The SMILES string of the molecule is CCOC(=O)c1ccccc1NC(=CC(=O)c1ccc(Cl)cc1)C(=O)OC. The first-order chi connectivity index (χ1) is 13.0. The zero-order valence-electron chi connectivity index (χ0n) is 14.8. The molecular weight excluding hydrogens is 370 g/mol. The van der Waals surface area contributed by atoms with Crippen molar-refractivity contribution in [2.75, 3.05) is 19.0 Å². The number of hydrogen-bond acceptors (Lipinski definition) is 6. The van der Waals surface area contributed by atoms with Crippen molar-refractivity contribution in [1.82, 2.24) is 0 Å². The van der Waals surface area contributed by atoms with E-state index in [9.17, 15) is 14.4 Å². The van der Waals surface area contributed by atoms with Crippen molar-refractivity contribution in [2.45, 2.75) is 6.92 Å². The van der Waals surface area contributed by atoms with Crippen LogP contribution in [-0.2, 0) is 14.3 Å². The molecule has 2 aromatic carbocycles. The van der Waals surface area contributed by atoms with Crippen molar-refractivity contribution in [3.8, 4) is 0 Å². The lowest BCUT2D eigenvalue weighted by Crippen LogP contribution is -2.17. The average molecular weight is 388 g/mol. The van der Waals surface area contributed by atoms with E-state index in [4.69, 9.17) is 21.1 Å². The van der Waals surface area contributed by atoms with Crippen LogP contribution in [0.3, 0.4) is 0 Å². The second kappa shape index (κ2) is 9.54. The second-order valence-corrected chi connectivity index (χ2v) is 5.75. The molecule has 2 rings (SSSR count). The van der Waals surface area contributed by atoms with E-state index in [0.29, 0.717) is 16.3 Å². The Bertz CT molecular complexity index is 874. The summed E-state index contributed by atoms with van der Waals surface area (Å²) in [5, 5.41) is 3.28. The molecule has 0 radical (unpaired) electrons. The maximum atomic E-state index is 12.4. The summed E-state index contributed by atoms with van der Waals surface area (Å²) in [6.45, 7) is 1.90. The van der Waals surface area contributed by atoms with Gasteiger partial charge in [-0.3, -0.25) is 4.79 Å². The summed E-state index contributed by atoms with van der Waals surface area (Å²) >= 11 is 5.82. The number of ketones is 1. The van der Waals surface area contributed by atoms with Gasteiger partial charge in [-0.05, 0) is 43.3 Å². The number of ether oxygens (including phenoxy) is 2. The van der Waals surface area contributed by atoms with Gasteiger partial charge in [-0.1, -0.05) is 23.7 Å². The molecule has 6 nitrogen and oxygen atoms in total. The first-order valence-corrected chi connectivity index (χ1v) is 8.47. The zero-order valence-corrected chi connectivity index (χ0v) is 15.6. The van der Waals surface area contributed by atoms with Gasteiger partial charge < -0.3 is 14.8 Å². The maximum Gasteiger partial charge on any atom is 0.354 e. The quantitative estimate of drug-likeness (QED) is 0.441. The van der Waals surface area contributed by atoms with Crippen LogP contribution < -0.4 is 5.32 Å². The fraction of sp³-hybridized carbons (Fsp3) is 0.150. The number of benzene rings is 2. The minimum atomic E-state index is -0.754. The molecule has 0 aliphatic carbocycles. The number of allylic oxidation sites excluding steroid dienone is 1. The highest BCUT2D eigenvalue weighted by Gasteiger charge is 2.18. The summed E-state index contributed by atoms with van der Waals surface area (Å²) in [6, 6.07) is 12.7. The molecule has 0 spiro atoms. The van der Waals surface area contributed by atoms with Crippen LogP contribution in [0, 0.1) is 0 Å². The molecule has 27 heavy (non-hydrogen) atoms. The highest BCUT2D eigenvalue weighted by atomic mass is 35.5. The third kappa shape index (κ3) is 5.43. The predicted molar refractivity (Wildman–Crippen MR) is 102 cm³/mol. The van der Waals surface area contributed by atoms with Crippen LogP contribution in [0.1, 0.15) is 27.6 Å². The van der Waals surface area contributed by atoms with Gasteiger partial charge in [-0.15, -0.1) is 0 Å². The van der Waals surface area contributed by atoms with Crippen LogP contribution >= 0.6 is 11.6 Å². The van der Waals surface area contributed by atoms with E-state index >= 15 is 0 Å². The molecule has 0 unspecified atom stereocenters. The summed E-state index contributed by atoms with van der Waals surface area (Å²) in [5.74, 6) is -1.72. The molecule has 0 amide bonds. The molecule has 7 heteroatoms. The van der Waals surface area contributed by atoms with Gasteiger partial charge in [0.1, 0.15) is 5.70 Å². The van der Waals surface area contributed by atoms with Crippen LogP contribution in [0.15, 0.2) is 60.3 Å². The number of rotatable bonds is 7. The minimum absolute atomic E-state index is 0.116. The highest BCUT2D eigenvalue weighted by Crippen LogP contribution is 2.19. The number of esters is 2. The molecule has 1 N–H and O–H groups in total. The van der Waals surface area contributed by atoms with Crippen LogP contribution in [0.4, 0.5) is 5.69 Å². The predicted octanol–water partition coefficient (Wildman–Crippen LogP) is 3.87. The molecule has 0 saturated heterocycles. The molecule has 0 heterocycles. The largest absolute Gasteiger partial charge is 0.464 e. The minimum Gasteiger partial charge on any atom is -0.464 e. The van der Waals surface area contributed by atoms with E-state index in [1.165, 1.54) is 7.11 Å². The number of halogens is 1. The normalized spacial score (nSPS) is 10.9. The summed E-state index contributed by atoms with van der Waals surface area (Å²) in [5.41, 5.74) is 0.778. The Hall–Kier alpha value is -3.12. The van der Waals surface area contributed by atoms with Gasteiger partial charge in [0, 0.05) is 16.7 Å². The van der Waals surface area contributed by atoms with Crippen LogP contribution in [-0.4, -0.2) is 31.4 Å². The lowest BCUT2D eigenvalue weighted by atomic mass is 10.1. The fourth-order valence-electron chi connectivity index (χ4n) is 2.21. The van der Waals surface area contributed by atoms with Gasteiger partial charge >= 0.3 is 11.9 Å². The topological polar surface area (TPSA) is 81.7 Å². The Morgan fingerprint density at radius 2 is 1.74 bits per heavy atom. The summed E-state index contributed by atoms with van der Waals surface area (Å²) < 4.78 is 9.73. The monoisotopic (exact) mass is 387 g/mol. The van der Waals surface area contributed by atoms with Crippen molar-refractivity contribution in [1.29, 1.82) is 0 Å². The van der Waals surface area contributed by atoms with Crippen LogP contribution in [0.2, 0.25) is 5.02 Å². The first kappa shape index (κ1) is 20.2. The Kier molecular flexibility index (Phi) is 7.14. The number of carbonyl (C=O) groups is 3. The van der Waals surface area contributed by atoms with E-state index in [-0.39, 0.29) is 17.9 Å². The van der Waals surface area contributed by atoms with Crippen molar-refractivity contribution >= 4 is 35.0 Å². The van der Waals surface area contributed by atoms with Crippen molar-refractivity contribution in [3.05, 3.63) is 76.5 Å². The smallest absolute Gasteiger partial charge is 0.354 e. The van der Waals surface area contributed by atoms with E-state index in [2.05, 4.69) is 5.32 Å². The standard InChI is InChI=1S/C20H18ClNO5/c1-3-27-19(24)15-6-4-5-7-16(15)22-17(20(25)26-2)12-18(23)13-8-10-14(21)11-9-13/h4-12,22H,3H2,1-2H3. The molecule has 0 fully saturated rings. The molecule has 2 aromatic rings. The van der Waals surface area contributed by atoms with Crippen molar-refractivity contribution in [3.63, 3.8) is 0 Å². The molecule has 0 saturated carbocycles. The fourth-order valence-corrected chi connectivity index (χ4v) is 2.33. The molecule has 0 atom stereocenters. The third-order valence-electron chi connectivity index (χ3n) is 3.50. The third-order valence-corrected chi connectivity index (χ3v) is 3.75. The molecule has 0 aromatic heterocycles. The number of methoxy groups -OCH3 is 1. The molecule has 0 aliphatic heterocycles. The van der Waals surface area contributed by atoms with Gasteiger partial charge in [-0.25, -0.2) is 9.59 Å². The van der Waals surface area contributed by atoms with Crippen molar-refractivity contribution in [2.24, 2.45) is 0 Å². The van der Waals surface area contributed by atoms with Gasteiger partial charge in [0.2, 0.25) is 0 Å². The number of para-hydroxylation sites is 1. The molecular formula is C20H18ClNO5. The molecule has 140 valence electrons. The zero-order chi connectivity index (χ0) is 19.8. The lowest BCUT2D eigenvalue weighted by molar-refractivity contribution is -0.135. The number of nitrogens with one attached hydrogen (secondary N) is 1. The Morgan fingerprint density at radius 1 is 1.07 bits per heavy atom. The van der Waals surface area contributed by atoms with Gasteiger partial charge in [0.15, 0.2) is 5.78 Å². The van der Waals surface area contributed by atoms with Crippen molar-refractivity contribution < 1.29 is 23.9 Å². The average Bonchev–Trinajstić information content (AvgIpc) is 2.67. The van der Waals surface area contributed by atoms with E-state index in [0.717, 1.165) is 6.08 Å². The second-order valence-electron chi connectivity index (χ2n) is 5.31. The molecule has 0 aliphatic rings. The van der Waals surface area contributed by atoms with Gasteiger partial charge in [0.25, 0.3) is 0 Å².